The molecule has 0 spiro atoms. The fourth-order valence-electron chi connectivity index (χ4n) is 2.56. The first kappa shape index (κ1) is 14.5. The van der Waals surface area contributed by atoms with Gasteiger partial charge in [-0.2, -0.15) is 0 Å². The van der Waals surface area contributed by atoms with E-state index in [1.807, 2.05) is 4.90 Å². The highest BCUT2D eigenvalue weighted by Crippen LogP contribution is 2.26. The van der Waals surface area contributed by atoms with Gasteiger partial charge in [-0.1, -0.05) is 12.8 Å². The van der Waals surface area contributed by atoms with Crippen molar-refractivity contribution in [1.29, 1.82) is 0 Å². The van der Waals surface area contributed by atoms with Crippen LogP contribution in [0.4, 0.5) is 5.88 Å². The Morgan fingerprint density at radius 1 is 1.50 bits per heavy atom. The summed E-state index contributed by atoms with van der Waals surface area (Å²) in [5.41, 5.74) is 0. The average Bonchev–Trinajstić information content (AvgIpc) is 3.08. The van der Waals surface area contributed by atoms with Crippen molar-refractivity contribution in [2.45, 2.75) is 38.3 Å². The molecular formula is C13H18N2O5. The minimum atomic E-state index is -0.566. The predicted molar refractivity (Wildman–Crippen MR) is 70.0 cm³/mol. The van der Waals surface area contributed by atoms with Crippen LogP contribution in [0.1, 0.15) is 31.4 Å². The van der Waals surface area contributed by atoms with E-state index in [1.165, 1.54) is 13.2 Å². The van der Waals surface area contributed by atoms with E-state index in [4.69, 9.17) is 9.15 Å². The second-order valence-corrected chi connectivity index (χ2v) is 4.92. The third-order valence-electron chi connectivity index (χ3n) is 3.59. The Labute approximate surface area is 116 Å². The number of esters is 1. The topological polar surface area (TPSA) is 85.8 Å². The van der Waals surface area contributed by atoms with Gasteiger partial charge in [0.2, 0.25) is 0 Å². The summed E-state index contributed by atoms with van der Waals surface area (Å²) in [7, 11) is 1.35. The molecule has 20 heavy (non-hydrogen) atoms. The molecule has 7 heteroatoms. The van der Waals surface area contributed by atoms with E-state index in [2.05, 4.69) is 0 Å². The quantitative estimate of drug-likeness (QED) is 0.451. The van der Waals surface area contributed by atoms with Crippen LogP contribution in [0.25, 0.3) is 0 Å². The Morgan fingerprint density at radius 3 is 2.75 bits per heavy atom. The van der Waals surface area contributed by atoms with E-state index in [0.717, 1.165) is 25.7 Å². The van der Waals surface area contributed by atoms with Gasteiger partial charge in [0, 0.05) is 6.04 Å². The molecule has 0 saturated heterocycles. The van der Waals surface area contributed by atoms with Gasteiger partial charge >= 0.3 is 11.9 Å². The summed E-state index contributed by atoms with van der Waals surface area (Å²) in [6.45, 7) is 0.559. The Hall–Kier alpha value is -1.89. The predicted octanol–water partition coefficient (Wildman–Crippen LogP) is 2.11. The van der Waals surface area contributed by atoms with Crippen molar-refractivity contribution < 1.29 is 18.9 Å². The first-order valence-corrected chi connectivity index (χ1v) is 6.64. The lowest BCUT2D eigenvalue weighted by molar-refractivity contribution is -0.402. The van der Waals surface area contributed by atoms with E-state index in [0.29, 0.717) is 18.3 Å². The second kappa shape index (κ2) is 6.51. The van der Waals surface area contributed by atoms with Gasteiger partial charge in [-0.15, -0.1) is 0 Å². The second-order valence-electron chi connectivity index (χ2n) is 4.92. The van der Waals surface area contributed by atoms with Crippen LogP contribution in [0.2, 0.25) is 0 Å². The van der Waals surface area contributed by atoms with Gasteiger partial charge in [0.1, 0.15) is 10.7 Å². The third-order valence-corrected chi connectivity index (χ3v) is 3.59. The van der Waals surface area contributed by atoms with Gasteiger partial charge in [-0.25, -0.2) is 0 Å². The lowest BCUT2D eigenvalue weighted by Crippen LogP contribution is -2.37. The fraction of sp³-hybridized carbons (Fsp3) is 0.615. The molecule has 110 valence electrons. The number of methoxy groups -OCH3 is 1. The van der Waals surface area contributed by atoms with Gasteiger partial charge in [0.05, 0.1) is 26.3 Å². The minimum Gasteiger partial charge on any atom is -0.468 e. The molecule has 0 amide bonds. The molecule has 2 rings (SSSR count). The number of hydrogen-bond acceptors (Lipinski definition) is 6. The highest BCUT2D eigenvalue weighted by Gasteiger charge is 2.26. The minimum absolute atomic E-state index is 0.176. The zero-order valence-electron chi connectivity index (χ0n) is 11.4. The number of nitro groups is 1. The number of nitrogens with zero attached hydrogens (tertiary/aromatic N) is 2. The van der Waals surface area contributed by atoms with Gasteiger partial charge in [-0.3, -0.25) is 19.8 Å². The summed E-state index contributed by atoms with van der Waals surface area (Å²) >= 11 is 0. The normalized spacial score (nSPS) is 15.7. The van der Waals surface area contributed by atoms with Crippen LogP contribution in [0.5, 0.6) is 0 Å². The van der Waals surface area contributed by atoms with E-state index in [1.54, 1.807) is 6.07 Å². The van der Waals surface area contributed by atoms with Crippen molar-refractivity contribution in [3.63, 3.8) is 0 Å². The van der Waals surface area contributed by atoms with Crippen LogP contribution in [-0.2, 0) is 16.1 Å². The number of hydrogen-bond donors (Lipinski definition) is 0. The van der Waals surface area contributed by atoms with Crippen molar-refractivity contribution in [3.8, 4) is 0 Å². The molecule has 0 atom stereocenters. The molecule has 1 aromatic rings. The van der Waals surface area contributed by atoms with E-state index in [-0.39, 0.29) is 18.4 Å². The Kier molecular flexibility index (Phi) is 4.73. The van der Waals surface area contributed by atoms with Gasteiger partial charge in [-0.05, 0) is 18.9 Å². The van der Waals surface area contributed by atoms with Crippen LogP contribution in [0.3, 0.4) is 0 Å². The lowest BCUT2D eigenvalue weighted by atomic mass is 10.2. The molecule has 1 aromatic heterocycles. The van der Waals surface area contributed by atoms with Gasteiger partial charge in [0.15, 0.2) is 0 Å². The molecule has 1 saturated carbocycles. The number of rotatable bonds is 6. The molecule has 1 heterocycles. The number of carbonyl (C=O) groups is 1. The lowest BCUT2D eigenvalue weighted by Gasteiger charge is -2.26. The molecule has 0 N–H and O–H groups in total. The van der Waals surface area contributed by atoms with Crippen LogP contribution in [-0.4, -0.2) is 35.5 Å². The van der Waals surface area contributed by atoms with E-state index >= 15 is 0 Å². The maximum atomic E-state index is 11.5. The number of ether oxygens (including phenoxy) is 1. The average molecular weight is 282 g/mol. The van der Waals surface area contributed by atoms with Crippen molar-refractivity contribution in [1.82, 2.24) is 4.90 Å². The Bertz CT molecular complexity index is 479. The third kappa shape index (κ3) is 3.57. The van der Waals surface area contributed by atoms with Gasteiger partial charge < -0.3 is 9.15 Å². The summed E-state index contributed by atoms with van der Waals surface area (Å²) in [6, 6.07) is 3.22. The molecule has 0 unspecified atom stereocenters. The molecular weight excluding hydrogens is 264 g/mol. The number of furan rings is 1. The molecule has 0 aromatic carbocycles. The molecule has 0 bridgehead atoms. The molecule has 0 aliphatic heterocycles. The molecule has 1 fully saturated rings. The maximum Gasteiger partial charge on any atom is 0.433 e. The van der Waals surface area contributed by atoms with Gasteiger partial charge in [0.25, 0.3) is 0 Å². The fourth-order valence-corrected chi connectivity index (χ4v) is 2.56. The van der Waals surface area contributed by atoms with Crippen LogP contribution in [0.15, 0.2) is 16.5 Å². The molecule has 1 aliphatic carbocycles. The smallest absolute Gasteiger partial charge is 0.433 e. The molecule has 7 nitrogen and oxygen atoms in total. The van der Waals surface area contributed by atoms with Crippen LogP contribution in [0, 0.1) is 10.1 Å². The van der Waals surface area contributed by atoms with Crippen molar-refractivity contribution in [2.24, 2.45) is 0 Å². The molecule has 0 radical (unpaired) electrons. The maximum absolute atomic E-state index is 11.5. The zero-order chi connectivity index (χ0) is 14.5. The largest absolute Gasteiger partial charge is 0.468 e. The Morgan fingerprint density at radius 2 is 2.20 bits per heavy atom. The van der Waals surface area contributed by atoms with Crippen molar-refractivity contribution in [3.05, 3.63) is 28.0 Å². The summed E-state index contributed by atoms with van der Waals surface area (Å²) < 4.78 is 9.86. The first-order chi connectivity index (χ1) is 9.60. The van der Waals surface area contributed by atoms with Crippen molar-refractivity contribution >= 4 is 11.9 Å². The Balaban J connectivity index is 2.05. The molecule has 1 aliphatic rings. The summed E-state index contributed by atoms with van der Waals surface area (Å²) in [5, 5.41) is 10.6. The van der Waals surface area contributed by atoms with Crippen LogP contribution < -0.4 is 0 Å². The summed E-state index contributed by atoms with van der Waals surface area (Å²) in [6.07, 6.45) is 4.33. The van der Waals surface area contributed by atoms with Crippen molar-refractivity contribution in [2.75, 3.05) is 13.7 Å². The first-order valence-electron chi connectivity index (χ1n) is 6.64. The standard InChI is InChI=1S/C13H18N2O5/c1-19-13(16)9-14(10-4-2-3-5-10)8-11-6-7-12(20-11)15(17)18/h6-7,10H,2-5,8-9H2,1H3. The monoisotopic (exact) mass is 282 g/mol. The highest BCUT2D eigenvalue weighted by molar-refractivity contribution is 5.71. The number of carbonyl (C=O) groups excluding carboxylic acids is 1. The van der Waals surface area contributed by atoms with E-state index in [9.17, 15) is 14.9 Å². The van der Waals surface area contributed by atoms with Crippen LogP contribution >= 0.6 is 0 Å². The zero-order valence-corrected chi connectivity index (χ0v) is 11.4. The van der Waals surface area contributed by atoms with E-state index < -0.39 is 4.92 Å². The summed E-state index contributed by atoms with van der Waals surface area (Å²) in [4.78, 5) is 23.5. The SMILES string of the molecule is COC(=O)CN(Cc1ccc([N+](=O)[O-])o1)C1CCCC1. The highest BCUT2D eigenvalue weighted by atomic mass is 16.6. The summed E-state index contributed by atoms with van der Waals surface area (Å²) in [5.74, 6) is -0.0881.